The second-order valence-electron chi connectivity index (χ2n) is 7.06. The fourth-order valence-electron chi connectivity index (χ4n) is 3.18. The molecule has 1 heterocycles. The van der Waals surface area contributed by atoms with Crippen molar-refractivity contribution in [2.45, 2.75) is 4.90 Å². The van der Waals surface area contributed by atoms with Crippen LogP contribution in [0.2, 0.25) is 5.02 Å². The first-order valence-electron chi connectivity index (χ1n) is 10.1. The van der Waals surface area contributed by atoms with Crippen LogP contribution in [0.1, 0.15) is 15.9 Å². The molecule has 34 heavy (non-hydrogen) atoms. The number of carboxylic acids is 1. The Balaban J connectivity index is 1.46. The predicted octanol–water partition coefficient (Wildman–Crippen LogP) is 6.62. The number of carbonyl (C=O) groups excluding carboxylic acids is 1. The zero-order valence-electron chi connectivity index (χ0n) is 17.6. The maximum Gasteiger partial charge on any atom is 0.335 e. The molecule has 1 amide bonds. The topological polar surface area (TPSA) is 66.8 Å². The van der Waals surface area contributed by atoms with Gasteiger partial charge in [-0.25, -0.2) is 4.79 Å². The van der Waals surface area contributed by atoms with Gasteiger partial charge < -0.3 is 9.84 Å². The number of thioether (sulfide) groups is 2. The van der Waals surface area contributed by atoms with Gasteiger partial charge in [-0.15, -0.1) is 11.8 Å². The Morgan fingerprint density at radius 1 is 1.12 bits per heavy atom. The average molecular weight is 528 g/mol. The molecular weight excluding hydrogens is 510 g/mol. The van der Waals surface area contributed by atoms with E-state index in [9.17, 15) is 14.7 Å². The van der Waals surface area contributed by atoms with E-state index in [0.717, 1.165) is 16.2 Å². The summed E-state index contributed by atoms with van der Waals surface area (Å²) in [4.78, 5) is 27.3. The molecule has 1 aliphatic rings. The van der Waals surface area contributed by atoms with Gasteiger partial charge in [-0.2, -0.15) is 0 Å². The van der Waals surface area contributed by atoms with E-state index < -0.39 is 5.97 Å². The molecule has 0 bridgehead atoms. The molecule has 1 N–H and O–H groups in total. The molecule has 0 atom stereocenters. The molecule has 4 rings (SSSR count). The normalized spacial score (nSPS) is 14.6. The van der Waals surface area contributed by atoms with Gasteiger partial charge in [0.15, 0.2) is 4.32 Å². The summed E-state index contributed by atoms with van der Waals surface area (Å²) in [7, 11) is 0. The summed E-state index contributed by atoms with van der Waals surface area (Å²) in [6.45, 7) is 0.487. The lowest BCUT2D eigenvalue weighted by Crippen LogP contribution is -2.27. The Morgan fingerprint density at radius 2 is 1.88 bits per heavy atom. The number of hydrogen-bond donors (Lipinski definition) is 1. The van der Waals surface area contributed by atoms with E-state index in [1.165, 1.54) is 28.8 Å². The molecule has 9 heteroatoms. The SMILES string of the molecule is O=C(O)c1cccc(N2C(=O)/C(=C/c3ccccc3OCCSc3ccc(Cl)cc3)SC2=S)c1. The zero-order valence-corrected chi connectivity index (χ0v) is 20.8. The number of amides is 1. The van der Waals surface area contributed by atoms with E-state index in [4.69, 9.17) is 28.6 Å². The van der Waals surface area contributed by atoms with Gasteiger partial charge >= 0.3 is 5.97 Å². The van der Waals surface area contributed by atoms with Crippen LogP contribution in [0.15, 0.2) is 82.6 Å². The summed E-state index contributed by atoms with van der Waals surface area (Å²) >= 11 is 14.2. The molecule has 0 saturated carbocycles. The Bertz CT molecular complexity index is 1280. The second-order valence-corrected chi connectivity index (χ2v) is 10.3. The number of halogens is 1. The highest BCUT2D eigenvalue weighted by atomic mass is 35.5. The quantitative estimate of drug-likeness (QED) is 0.153. The molecule has 0 radical (unpaired) electrons. The largest absolute Gasteiger partial charge is 0.492 e. The summed E-state index contributed by atoms with van der Waals surface area (Å²) < 4.78 is 6.33. The highest BCUT2D eigenvalue weighted by Crippen LogP contribution is 2.37. The van der Waals surface area contributed by atoms with Gasteiger partial charge in [0, 0.05) is 21.2 Å². The zero-order chi connectivity index (χ0) is 24.1. The summed E-state index contributed by atoms with van der Waals surface area (Å²) in [5.74, 6) is 0.0453. The van der Waals surface area contributed by atoms with Crippen LogP contribution in [0.3, 0.4) is 0 Å². The monoisotopic (exact) mass is 527 g/mol. The molecule has 0 aromatic heterocycles. The number of anilines is 1. The summed E-state index contributed by atoms with van der Waals surface area (Å²) in [5.41, 5.74) is 1.28. The van der Waals surface area contributed by atoms with Crippen molar-refractivity contribution in [1.82, 2.24) is 0 Å². The highest BCUT2D eigenvalue weighted by Gasteiger charge is 2.33. The van der Waals surface area contributed by atoms with Gasteiger partial charge in [0.2, 0.25) is 0 Å². The van der Waals surface area contributed by atoms with E-state index in [1.807, 2.05) is 48.5 Å². The Labute approximate surface area is 215 Å². The molecule has 1 saturated heterocycles. The first-order valence-corrected chi connectivity index (χ1v) is 12.7. The van der Waals surface area contributed by atoms with Gasteiger partial charge in [-0.05, 0) is 54.6 Å². The fraction of sp³-hybridized carbons (Fsp3) is 0.0800. The van der Waals surface area contributed by atoms with Crippen molar-refractivity contribution < 1.29 is 19.4 Å². The summed E-state index contributed by atoms with van der Waals surface area (Å²) in [6, 6.07) is 21.3. The minimum absolute atomic E-state index is 0.0887. The lowest BCUT2D eigenvalue weighted by Gasteiger charge is -2.15. The van der Waals surface area contributed by atoms with Crippen molar-refractivity contribution in [3.05, 3.63) is 93.9 Å². The number of carboxylic acid groups (broad SMARTS) is 1. The number of benzene rings is 3. The third-order valence-electron chi connectivity index (χ3n) is 4.77. The van der Waals surface area contributed by atoms with Crippen LogP contribution in [0.5, 0.6) is 5.75 Å². The predicted molar refractivity (Wildman–Crippen MR) is 143 cm³/mol. The van der Waals surface area contributed by atoms with Gasteiger partial charge in [0.05, 0.1) is 22.8 Å². The number of rotatable bonds is 8. The van der Waals surface area contributed by atoms with Crippen molar-refractivity contribution in [2.24, 2.45) is 0 Å². The van der Waals surface area contributed by atoms with E-state index >= 15 is 0 Å². The third kappa shape index (κ3) is 5.82. The smallest absolute Gasteiger partial charge is 0.335 e. The Hall–Kier alpha value is -2.78. The van der Waals surface area contributed by atoms with Crippen LogP contribution in [0, 0.1) is 0 Å². The lowest BCUT2D eigenvalue weighted by atomic mass is 10.1. The molecule has 0 spiro atoms. The average Bonchev–Trinajstić information content (AvgIpc) is 3.11. The Morgan fingerprint density at radius 3 is 2.65 bits per heavy atom. The molecular formula is C25H18ClNO4S3. The first-order chi connectivity index (χ1) is 16.4. The molecule has 0 aliphatic carbocycles. The minimum Gasteiger partial charge on any atom is -0.492 e. The van der Waals surface area contributed by atoms with Crippen molar-refractivity contribution in [3.8, 4) is 5.75 Å². The third-order valence-corrected chi connectivity index (χ3v) is 7.30. The summed E-state index contributed by atoms with van der Waals surface area (Å²) in [6.07, 6.45) is 1.75. The summed E-state index contributed by atoms with van der Waals surface area (Å²) in [5, 5.41) is 9.96. The minimum atomic E-state index is -1.07. The molecule has 1 fully saturated rings. The fourth-order valence-corrected chi connectivity index (χ4v) is 5.33. The molecule has 3 aromatic carbocycles. The van der Waals surface area contributed by atoms with Crippen molar-refractivity contribution in [2.75, 3.05) is 17.3 Å². The molecule has 1 aliphatic heterocycles. The highest BCUT2D eigenvalue weighted by molar-refractivity contribution is 8.27. The van der Waals surface area contributed by atoms with Crippen molar-refractivity contribution >= 4 is 75.3 Å². The number of para-hydroxylation sites is 1. The first kappa shape index (κ1) is 24.3. The van der Waals surface area contributed by atoms with Crippen molar-refractivity contribution in [1.29, 1.82) is 0 Å². The number of ether oxygens (including phenoxy) is 1. The van der Waals surface area contributed by atoms with Gasteiger partial charge in [-0.3, -0.25) is 9.69 Å². The molecule has 172 valence electrons. The van der Waals surface area contributed by atoms with Crippen LogP contribution in [0.25, 0.3) is 6.08 Å². The van der Waals surface area contributed by atoms with Gasteiger partial charge in [-0.1, -0.05) is 59.8 Å². The van der Waals surface area contributed by atoms with E-state index in [-0.39, 0.29) is 11.5 Å². The number of thiocarbonyl (C=S) groups is 1. The maximum atomic E-state index is 13.1. The molecule has 3 aromatic rings. The van der Waals surface area contributed by atoms with E-state index in [2.05, 4.69) is 0 Å². The lowest BCUT2D eigenvalue weighted by molar-refractivity contribution is -0.113. The number of hydrogen-bond acceptors (Lipinski definition) is 6. The molecule has 5 nitrogen and oxygen atoms in total. The van der Waals surface area contributed by atoms with Crippen LogP contribution in [-0.2, 0) is 4.79 Å². The number of carbonyl (C=O) groups is 2. The van der Waals surface area contributed by atoms with Crippen LogP contribution in [0.4, 0.5) is 5.69 Å². The van der Waals surface area contributed by atoms with Crippen LogP contribution >= 0.6 is 47.3 Å². The van der Waals surface area contributed by atoms with Crippen LogP contribution < -0.4 is 9.64 Å². The number of aromatic carboxylic acids is 1. The van der Waals surface area contributed by atoms with Crippen LogP contribution in [-0.4, -0.2) is 33.7 Å². The van der Waals surface area contributed by atoms with Gasteiger partial charge in [0.25, 0.3) is 5.91 Å². The second kappa shape index (κ2) is 11.1. The van der Waals surface area contributed by atoms with Gasteiger partial charge in [0.1, 0.15) is 5.75 Å². The maximum absolute atomic E-state index is 13.1. The number of nitrogens with zero attached hydrogens (tertiary/aromatic N) is 1. The standard InChI is InChI=1S/C25H18ClNO4S3/c26-18-8-10-20(11-9-18)33-13-12-31-21-7-2-1-4-16(21)15-22-23(28)27(25(32)34-22)19-6-3-5-17(14-19)24(29)30/h1-11,14-15H,12-13H2,(H,29,30)/b22-15-. The van der Waals surface area contributed by atoms with Crippen molar-refractivity contribution in [3.63, 3.8) is 0 Å². The van der Waals surface area contributed by atoms with E-state index in [0.29, 0.717) is 32.3 Å². The Kier molecular flexibility index (Phi) is 7.95. The van der Waals surface area contributed by atoms with E-state index in [1.54, 1.807) is 30.0 Å². The molecule has 0 unspecified atom stereocenters.